The molecule has 3 rings (SSSR count). The van der Waals surface area contributed by atoms with Crippen molar-refractivity contribution >= 4 is 17.3 Å². The molecule has 0 aliphatic carbocycles. The van der Waals surface area contributed by atoms with Gasteiger partial charge in [0.15, 0.2) is 0 Å². The topological polar surface area (TPSA) is 59.0 Å². The van der Waals surface area contributed by atoms with Crippen LogP contribution in [0.5, 0.6) is 5.75 Å². The van der Waals surface area contributed by atoms with E-state index in [1.165, 1.54) is 11.3 Å². The molecule has 25 heavy (non-hydrogen) atoms. The fraction of sp³-hybridized carbons (Fsp3) is 0.421. The number of hydrogen-bond donors (Lipinski definition) is 1. The van der Waals surface area contributed by atoms with E-state index >= 15 is 0 Å². The monoisotopic (exact) mass is 361 g/mol. The fourth-order valence-electron chi connectivity index (χ4n) is 3.22. The summed E-state index contributed by atoms with van der Waals surface area (Å²) in [6.45, 7) is 6.66. The first-order valence-electron chi connectivity index (χ1n) is 8.31. The quantitative estimate of drug-likeness (QED) is 0.853. The molecule has 1 saturated heterocycles. The van der Waals surface area contributed by atoms with Crippen molar-refractivity contribution < 1.29 is 19.4 Å². The van der Waals surface area contributed by atoms with Gasteiger partial charge in [-0.25, -0.2) is 4.79 Å². The molecule has 0 saturated carbocycles. The van der Waals surface area contributed by atoms with E-state index in [1.54, 1.807) is 0 Å². The van der Waals surface area contributed by atoms with E-state index in [2.05, 4.69) is 18.7 Å². The lowest BCUT2D eigenvalue weighted by Gasteiger charge is -2.42. The molecule has 1 N–H and O–H groups in total. The van der Waals surface area contributed by atoms with Crippen LogP contribution in [0.15, 0.2) is 41.8 Å². The van der Waals surface area contributed by atoms with Gasteiger partial charge in [-0.2, -0.15) is 0 Å². The van der Waals surface area contributed by atoms with E-state index in [0.717, 1.165) is 17.9 Å². The highest BCUT2D eigenvalue weighted by molar-refractivity contribution is 7.12. The van der Waals surface area contributed by atoms with Crippen LogP contribution < -0.4 is 4.74 Å². The van der Waals surface area contributed by atoms with E-state index in [4.69, 9.17) is 9.47 Å². The lowest BCUT2D eigenvalue weighted by Crippen LogP contribution is -2.53. The minimum Gasteiger partial charge on any atom is -0.491 e. The van der Waals surface area contributed by atoms with Crippen LogP contribution in [0.3, 0.4) is 0 Å². The molecular formula is C19H23NO4S. The smallest absolute Gasteiger partial charge is 0.346 e. The van der Waals surface area contributed by atoms with Crippen molar-refractivity contribution in [2.45, 2.75) is 32.1 Å². The Hall–Kier alpha value is -1.89. The van der Waals surface area contributed by atoms with Crippen LogP contribution in [0, 0.1) is 0 Å². The first-order valence-corrected chi connectivity index (χ1v) is 9.18. The van der Waals surface area contributed by atoms with Gasteiger partial charge in [0.1, 0.15) is 23.3 Å². The van der Waals surface area contributed by atoms with Crippen molar-refractivity contribution in [1.82, 2.24) is 4.90 Å². The Kier molecular flexibility index (Phi) is 5.42. The molecular weight excluding hydrogens is 338 g/mol. The van der Waals surface area contributed by atoms with Crippen LogP contribution in [0.2, 0.25) is 0 Å². The van der Waals surface area contributed by atoms with Gasteiger partial charge in [-0.05, 0) is 43.0 Å². The van der Waals surface area contributed by atoms with E-state index in [-0.39, 0.29) is 11.7 Å². The highest BCUT2D eigenvalue weighted by atomic mass is 32.1. The summed E-state index contributed by atoms with van der Waals surface area (Å²) in [5.41, 5.74) is 0.556. The van der Waals surface area contributed by atoms with Gasteiger partial charge in [0.2, 0.25) is 0 Å². The Labute approximate surface area is 151 Å². The third-order valence-corrected chi connectivity index (χ3v) is 5.01. The maximum absolute atomic E-state index is 11.3. The number of morpholine rings is 1. The molecule has 2 heterocycles. The first kappa shape index (κ1) is 17.9. The Bertz CT molecular complexity index is 713. The summed E-state index contributed by atoms with van der Waals surface area (Å²) in [7, 11) is 0. The van der Waals surface area contributed by atoms with Gasteiger partial charge in [-0.1, -0.05) is 18.2 Å². The first-order chi connectivity index (χ1) is 11.9. The number of carbonyl (C=O) groups is 1. The predicted octanol–water partition coefficient (Wildman–Crippen LogP) is 3.50. The summed E-state index contributed by atoms with van der Waals surface area (Å²) in [4.78, 5) is 14.0. The van der Waals surface area contributed by atoms with Crippen LogP contribution >= 0.6 is 11.3 Å². The summed E-state index contributed by atoms with van der Waals surface area (Å²) in [6, 6.07) is 11.6. The van der Waals surface area contributed by atoms with E-state index < -0.39 is 5.97 Å². The molecule has 134 valence electrons. The fourth-order valence-corrected chi connectivity index (χ4v) is 3.97. The molecule has 0 amide bonds. The van der Waals surface area contributed by atoms with Crippen molar-refractivity contribution in [3.8, 4) is 5.75 Å². The zero-order valence-electron chi connectivity index (χ0n) is 14.5. The number of hydrogen-bond acceptors (Lipinski definition) is 5. The molecule has 5 nitrogen and oxygen atoms in total. The van der Waals surface area contributed by atoms with Crippen LogP contribution in [-0.2, 0) is 11.3 Å². The normalized spacial score (nSPS) is 20.3. The molecule has 0 bridgehead atoms. The second-order valence-electron chi connectivity index (χ2n) is 6.87. The zero-order chi connectivity index (χ0) is 17.9. The molecule has 6 heteroatoms. The molecule has 1 aliphatic heterocycles. The van der Waals surface area contributed by atoms with E-state index in [0.29, 0.717) is 24.6 Å². The SMILES string of the molecule is CC1(C)CN(Cc2ccsc2C(=O)O)CC(COc2ccccc2)O1. The third kappa shape index (κ3) is 4.81. The number of para-hydroxylation sites is 1. The standard InChI is InChI=1S/C19H23NO4S/c1-19(2)13-20(10-14-8-9-25-17(14)18(21)22)11-16(24-19)12-23-15-6-4-3-5-7-15/h3-9,16H,10-13H2,1-2H3,(H,21,22). The maximum atomic E-state index is 11.3. The van der Waals surface area contributed by atoms with Crippen LogP contribution in [0.25, 0.3) is 0 Å². The number of thiophene rings is 1. The Morgan fingerprint density at radius 1 is 1.36 bits per heavy atom. The van der Waals surface area contributed by atoms with E-state index in [1.807, 2.05) is 41.8 Å². The number of benzene rings is 1. The summed E-state index contributed by atoms with van der Waals surface area (Å²) in [5.74, 6) is -0.0338. The van der Waals surface area contributed by atoms with Crippen molar-refractivity contribution in [1.29, 1.82) is 0 Å². The van der Waals surface area contributed by atoms with E-state index in [9.17, 15) is 9.90 Å². The van der Waals surface area contributed by atoms with Crippen molar-refractivity contribution in [2.24, 2.45) is 0 Å². The number of aromatic carboxylic acids is 1. The molecule has 0 radical (unpaired) electrons. The van der Waals surface area contributed by atoms with Gasteiger partial charge in [0, 0.05) is 19.6 Å². The number of nitrogens with zero attached hydrogens (tertiary/aromatic N) is 1. The molecule has 1 unspecified atom stereocenters. The number of ether oxygens (including phenoxy) is 2. The van der Waals surface area contributed by atoms with Gasteiger partial charge in [-0.3, -0.25) is 4.90 Å². The average Bonchev–Trinajstić information content (AvgIpc) is 3.01. The Morgan fingerprint density at radius 3 is 2.84 bits per heavy atom. The highest BCUT2D eigenvalue weighted by Gasteiger charge is 2.34. The molecule has 0 spiro atoms. The van der Waals surface area contributed by atoms with Gasteiger partial charge < -0.3 is 14.6 Å². The van der Waals surface area contributed by atoms with Gasteiger partial charge in [0.25, 0.3) is 0 Å². The Morgan fingerprint density at radius 2 is 2.12 bits per heavy atom. The third-order valence-electron chi connectivity index (χ3n) is 4.07. The summed E-state index contributed by atoms with van der Waals surface area (Å²) in [5, 5.41) is 11.1. The van der Waals surface area contributed by atoms with Crippen molar-refractivity contribution in [3.63, 3.8) is 0 Å². The molecule has 1 aromatic heterocycles. The van der Waals surface area contributed by atoms with Crippen LogP contribution in [0.1, 0.15) is 29.1 Å². The number of rotatable bonds is 6. The lowest BCUT2D eigenvalue weighted by molar-refractivity contribution is -0.147. The molecule has 1 aliphatic rings. The number of carboxylic acid groups (broad SMARTS) is 1. The average molecular weight is 361 g/mol. The maximum Gasteiger partial charge on any atom is 0.346 e. The highest BCUT2D eigenvalue weighted by Crippen LogP contribution is 2.25. The van der Waals surface area contributed by atoms with Crippen LogP contribution in [-0.4, -0.2) is 47.4 Å². The summed E-state index contributed by atoms with van der Waals surface area (Å²) in [6.07, 6.45) is -0.0594. The minimum absolute atomic E-state index is 0.0594. The molecule has 1 aromatic carbocycles. The van der Waals surface area contributed by atoms with Gasteiger partial charge in [-0.15, -0.1) is 11.3 Å². The number of carboxylic acids is 1. The van der Waals surface area contributed by atoms with Crippen molar-refractivity contribution in [3.05, 3.63) is 52.2 Å². The zero-order valence-corrected chi connectivity index (χ0v) is 15.3. The van der Waals surface area contributed by atoms with Gasteiger partial charge >= 0.3 is 5.97 Å². The lowest BCUT2D eigenvalue weighted by atomic mass is 10.0. The molecule has 2 aromatic rings. The van der Waals surface area contributed by atoms with Crippen molar-refractivity contribution in [2.75, 3.05) is 19.7 Å². The summed E-state index contributed by atoms with van der Waals surface area (Å²) < 4.78 is 12.0. The Balaban J connectivity index is 1.64. The minimum atomic E-state index is -0.860. The summed E-state index contributed by atoms with van der Waals surface area (Å²) >= 11 is 1.27. The second kappa shape index (κ2) is 7.56. The second-order valence-corrected chi connectivity index (χ2v) is 7.79. The molecule has 1 atom stereocenters. The van der Waals surface area contributed by atoms with Crippen LogP contribution in [0.4, 0.5) is 0 Å². The predicted molar refractivity (Wildman–Crippen MR) is 97.4 cm³/mol. The molecule has 1 fully saturated rings. The largest absolute Gasteiger partial charge is 0.491 e. The van der Waals surface area contributed by atoms with Gasteiger partial charge in [0.05, 0.1) is 5.60 Å².